The normalized spacial score (nSPS) is 12.4. The lowest BCUT2D eigenvalue weighted by molar-refractivity contribution is -0.167. The molecule has 0 aliphatic rings. The third-order valence-electron chi connectivity index (χ3n) is 17.2. The van der Waals surface area contributed by atoms with Crippen molar-refractivity contribution in [2.45, 2.75) is 24.7 Å². The topological polar surface area (TPSA) is 482 Å². The number of para-hydroxylation sites is 6. The number of halogens is 16. The van der Waals surface area contributed by atoms with Gasteiger partial charge in [-0.2, -0.15) is 111 Å². The molecule has 15 aromatic heterocycles. The van der Waals surface area contributed by atoms with Crippen molar-refractivity contribution in [3.05, 3.63) is 142 Å². The summed E-state index contributed by atoms with van der Waals surface area (Å²) in [5.41, 5.74) is -14.0. The van der Waals surface area contributed by atoms with Crippen molar-refractivity contribution in [2.75, 3.05) is 0 Å². The van der Waals surface area contributed by atoms with E-state index in [2.05, 4.69) is 140 Å². The van der Waals surface area contributed by atoms with Crippen molar-refractivity contribution in [1.82, 2.24) is 150 Å². The number of hydrogen-bond acceptors (Lipinski definition) is 34. The van der Waals surface area contributed by atoms with E-state index in [9.17, 15) is 91.3 Å². The Morgan fingerprint density at radius 1 is 0.178 bits per heavy atom. The van der Waals surface area contributed by atoms with E-state index < -0.39 is 116 Å². The first kappa shape index (κ1) is 71.4. The van der Waals surface area contributed by atoms with Crippen LogP contribution in [0.25, 0.3) is 200 Å². The fourth-order valence-corrected chi connectivity index (χ4v) is 12.3. The predicted octanol–water partition coefficient (Wildman–Crippen LogP) is 11.8. The Morgan fingerprint density at radius 2 is 0.305 bits per heavy atom. The van der Waals surface area contributed by atoms with E-state index in [1.165, 1.54) is 24.3 Å². The molecule has 15 heterocycles. The van der Waals surface area contributed by atoms with E-state index in [0.29, 0.717) is 33.1 Å². The fourth-order valence-electron chi connectivity index (χ4n) is 12.3. The highest BCUT2D eigenvalue weighted by Gasteiger charge is 2.49. The van der Waals surface area contributed by atoms with Gasteiger partial charge in [0, 0.05) is 0 Å². The van der Waals surface area contributed by atoms with Crippen molar-refractivity contribution < 1.29 is 70.2 Å². The monoisotopic (exact) mass is 1610 g/mol. The first-order valence-corrected chi connectivity index (χ1v) is 32.3. The SMILES string of the molecule is FC(F)(F)c1nc2nc3c4nc5ccccc5nc4c4nc5nc(C(F)(F)F)c(C(F)(F)F)nc5nc4c3nc2nc1C(F)(F)F.Fc1nc2nc3c4nc5ccccc5nc4c4nc5nc(F)c(F)nc5nc4c3nc2nc1F.N#Cc1nc2nc3c4nc5ccccc5nc4c4nc5nc(C#N)c(C#N)nc5nc4c3nc2nc1C#N. The lowest BCUT2D eigenvalue weighted by Gasteiger charge is -2.15. The zero-order chi connectivity index (χ0) is 82.2. The Balaban J connectivity index is 0.000000119. The average molecular weight is 1610 g/mol. The molecule has 0 radical (unpaired) electrons. The van der Waals surface area contributed by atoms with Crippen LogP contribution in [0.2, 0.25) is 0 Å². The molecule has 50 heteroatoms. The Bertz CT molecular complexity index is 7950. The maximum Gasteiger partial charge on any atom is 0.435 e. The molecule has 0 atom stereocenters. The predicted molar refractivity (Wildman–Crippen MR) is 367 cm³/mol. The van der Waals surface area contributed by atoms with Gasteiger partial charge in [0.05, 0.1) is 33.1 Å². The minimum atomic E-state index is -5.67. The molecule has 0 aliphatic heterocycles. The van der Waals surface area contributed by atoms with Gasteiger partial charge in [-0.05, 0) is 36.4 Å². The van der Waals surface area contributed by atoms with Gasteiger partial charge in [-0.25, -0.2) is 130 Å². The zero-order valence-corrected chi connectivity index (χ0v) is 56.2. The van der Waals surface area contributed by atoms with Crippen molar-refractivity contribution >= 4 is 200 Å². The fraction of sp³-hybridized carbons (Fsp3) is 0.0588. The van der Waals surface area contributed by atoms with Crippen LogP contribution in [0.4, 0.5) is 70.2 Å². The molecule has 0 spiro atoms. The summed E-state index contributed by atoms with van der Waals surface area (Å²) in [6.07, 6.45) is -22.6. The van der Waals surface area contributed by atoms with Crippen molar-refractivity contribution in [3.8, 4) is 24.3 Å². The lowest BCUT2D eigenvalue weighted by Crippen LogP contribution is -2.21. The summed E-state index contributed by atoms with van der Waals surface area (Å²) in [5, 5.41) is 37.6. The molecule has 566 valence electrons. The summed E-state index contributed by atoms with van der Waals surface area (Å²) in [4.78, 5) is 121. The average Bonchev–Trinajstić information content (AvgIpc) is 0.747. The molecule has 0 fully saturated rings. The molecular weight excluding hydrogens is 1600 g/mol. The molecule has 118 heavy (non-hydrogen) atoms. The minimum Gasteiger partial charge on any atom is -0.242 e. The number of nitrogens with zero attached hydrogens (tertiary/aromatic N) is 34. The zero-order valence-electron chi connectivity index (χ0n) is 56.2. The van der Waals surface area contributed by atoms with Gasteiger partial charge in [0.2, 0.25) is 22.6 Å². The highest BCUT2D eigenvalue weighted by atomic mass is 19.4. The van der Waals surface area contributed by atoms with Crippen LogP contribution in [0.15, 0.2) is 72.8 Å². The minimum absolute atomic E-state index is 0.00738. The number of aromatic nitrogens is 30. The van der Waals surface area contributed by atoms with Crippen molar-refractivity contribution in [2.24, 2.45) is 0 Å². The molecule has 6 aromatic carbocycles. The molecule has 0 aliphatic carbocycles. The third kappa shape index (κ3) is 11.5. The van der Waals surface area contributed by atoms with E-state index >= 15 is 0 Å². The van der Waals surface area contributed by atoms with Crippen LogP contribution in [0.3, 0.4) is 0 Å². The van der Waals surface area contributed by atoms with Crippen LogP contribution in [-0.2, 0) is 24.7 Å². The highest BCUT2D eigenvalue weighted by Crippen LogP contribution is 2.43. The van der Waals surface area contributed by atoms with Gasteiger partial charge in [-0.15, -0.1) is 0 Å². The molecule has 0 saturated carbocycles. The van der Waals surface area contributed by atoms with E-state index in [1.54, 1.807) is 36.4 Å². The van der Waals surface area contributed by atoms with Gasteiger partial charge >= 0.3 is 24.7 Å². The second-order valence-electron chi connectivity index (χ2n) is 24.4. The molecule has 34 nitrogen and oxygen atoms in total. The number of benzene rings is 6. The molecule has 0 bridgehead atoms. The van der Waals surface area contributed by atoms with Crippen LogP contribution in [0.1, 0.15) is 45.6 Å². The first-order valence-electron chi connectivity index (χ1n) is 32.3. The highest BCUT2D eigenvalue weighted by molar-refractivity contribution is 6.23. The summed E-state index contributed by atoms with van der Waals surface area (Å²) in [6.45, 7) is 0. The quantitative estimate of drug-likeness (QED) is 0.0773. The van der Waals surface area contributed by atoms with Crippen LogP contribution < -0.4 is 0 Å². The molecule has 0 N–H and O–H groups in total. The summed E-state index contributed by atoms with van der Waals surface area (Å²) < 4.78 is 218. The van der Waals surface area contributed by atoms with Gasteiger partial charge in [-0.1, -0.05) is 36.4 Å². The third-order valence-corrected chi connectivity index (χ3v) is 17.2. The van der Waals surface area contributed by atoms with E-state index in [1.807, 2.05) is 36.4 Å². The van der Waals surface area contributed by atoms with Crippen LogP contribution in [-0.4, -0.2) is 150 Å². The summed E-state index contributed by atoms with van der Waals surface area (Å²) in [5.74, 6) is -5.81. The maximum atomic E-state index is 13.7. The Labute approximate surface area is 630 Å². The van der Waals surface area contributed by atoms with Crippen LogP contribution in [0.5, 0.6) is 0 Å². The standard InChI is InChI=1S/C24H4F12N10.C24H4N14.C20H4F4N10/c25-21(26,27)13-15(23(31,32)33)45-19-17(43-13)39-9-7-8(38-6-4-2-1-3-5(6)37-7)10-12(11(9)41-19)42-20-18(40-10)44-14(22(28,29)30)16(46-20)24(34,35)36;25-5-11-13(7-27)33-23-21(31-11)35-17-15-16(30-10-4-2-1-3-9(10)29-15)18-20(19(17)37-23)38-24-22(36-18)32-12(6-26)14(8-28)34-24;21-13-15(23)33-19-17(31-13)27-9-7-8(26-6-4-2-1-3-5(6)25-7)10-12(11(9)29-19)30-20-18(28-10)32-14(22)16(24)34-20/h1-4H;1-4H;1-4H. The van der Waals surface area contributed by atoms with Gasteiger partial charge in [0.15, 0.2) is 90.7 Å². The number of hydrogen-bond donors (Lipinski definition) is 0. The molecule has 0 amide bonds. The first-order chi connectivity index (χ1) is 56.4. The summed E-state index contributed by atoms with van der Waals surface area (Å²) >= 11 is 0. The second-order valence-corrected chi connectivity index (χ2v) is 24.4. The Morgan fingerprint density at radius 3 is 0.441 bits per heavy atom. The molecular formula is C68H12F16N34. The number of rotatable bonds is 0. The molecule has 21 rings (SSSR count). The van der Waals surface area contributed by atoms with Crippen LogP contribution >= 0.6 is 0 Å². The number of alkyl halides is 12. The summed E-state index contributed by atoms with van der Waals surface area (Å²) in [6, 6.07) is 27.4. The second kappa shape index (κ2) is 25.3. The number of fused-ring (bicyclic) bond motifs is 27. The van der Waals surface area contributed by atoms with Gasteiger partial charge < -0.3 is 0 Å². The van der Waals surface area contributed by atoms with E-state index in [4.69, 9.17) is 9.97 Å². The maximum absolute atomic E-state index is 13.7. The van der Waals surface area contributed by atoms with E-state index in [-0.39, 0.29) is 145 Å². The van der Waals surface area contributed by atoms with Gasteiger partial charge in [0.25, 0.3) is 23.8 Å². The van der Waals surface area contributed by atoms with Crippen molar-refractivity contribution in [1.29, 1.82) is 21.0 Å². The Hall–Kier alpha value is -17.0. The van der Waals surface area contributed by atoms with E-state index in [0.717, 1.165) is 0 Å². The summed E-state index contributed by atoms with van der Waals surface area (Å²) in [7, 11) is 0. The van der Waals surface area contributed by atoms with Gasteiger partial charge in [0.1, 0.15) is 124 Å². The van der Waals surface area contributed by atoms with Gasteiger partial charge in [-0.3, -0.25) is 0 Å². The lowest BCUT2D eigenvalue weighted by atomic mass is 10.1. The number of nitriles is 4. The molecule has 0 unspecified atom stereocenters. The largest absolute Gasteiger partial charge is 0.435 e. The molecule has 0 saturated heterocycles. The van der Waals surface area contributed by atoms with Crippen molar-refractivity contribution in [3.63, 3.8) is 0 Å². The Kier molecular flexibility index (Phi) is 15.3. The smallest absolute Gasteiger partial charge is 0.242 e. The van der Waals surface area contributed by atoms with Crippen LogP contribution in [0, 0.1) is 69.1 Å². The molecule has 21 aromatic rings.